The third-order valence-corrected chi connectivity index (χ3v) is 3.06. The molecule has 116 valence electrons. The number of rotatable bonds is 5. The maximum Gasteiger partial charge on any atom is 0.315 e. The standard InChI is InChI=1S/C15H15N7O/c23-15(18-8-12-3-1-5-16-7-12)19-9-13-11-22(21-20-13)14-4-2-6-17-10-14/h1-7,10-11H,8-9H2,(H2,18,19,23). The second-order valence-corrected chi connectivity index (χ2v) is 4.76. The van der Waals surface area contributed by atoms with Crippen LogP contribution in [-0.2, 0) is 13.1 Å². The molecule has 0 aliphatic heterocycles. The van der Waals surface area contributed by atoms with E-state index >= 15 is 0 Å². The van der Waals surface area contributed by atoms with Crippen molar-refractivity contribution in [2.45, 2.75) is 13.1 Å². The minimum Gasteiger partial charge on any atom is -0.334 e. The summed E-state index contributed by atoms with van der Waals surface area (Å²) in [6.45, 7) is 0.710. The lowest BCUT2D eigenvalue weighted by Crippen LogP contribution is -2.34. The van der Waals surface area contributed by atoms with Gasteiger partial charge in [-0.2, -0.15) is 0 Å². The van der Waals surface area contributed by atoms with Crippen LogP contribution in [0.3, 0.4) is 0 Å². The molecule has 8 nitrogen and oxygen atoms in total. The van der Waals surface area contributed by atoms with Gasteiger partial charge >= 0.3 is 6.03 Å². The molecule has 3 aromatic rings. The van der Waals surface area contributed by atoms with Gasteiger partial charge in [0, 0.05) is 25.1 Å². The quantitative estimate of drug-likeness (QED) is 0.734. The van der Waals surface area contributed by atoms with Gasteiger partial charge in [-0.15, -0.1) is 5.10 Å². The first kappa shape index (κ1) is 14.6. The molecular weight excluding hydrogens is 294 g/mol. The molecule has 0 spiro atoms. The van der Waals surface area contributed by atoms with Crippen molar-refractivity contribution in [2.75, 3.05) is 0 Å². The summed E-state index contributed by atoms with van der Waals surface area (Å²) in [6.07, 6.45) is 8.52. The molecule has 3 rings (SSSR count). The number of nitrogens with one attached hydrogen (secondary N) is 2. The molecule has 3 heterocycles. The summed E-state index contributed by atoms with van der Waals surface area (Å²) in [5.74, 6) is 0. The van der Waals surface area contributed by atoms with Crippen molar-refractivity contribution in [2.24, 2.45) is 0 Å². The van der Waals surface area contributed by atoms with Crippen molar-refractivity contribution >= 4 is 6.03 Å². The summed E-state index contributed by atoms with van der Waals surface area (Å²) in [5.41, 5.74) is 2.41. The van der Waals surface area contributed by atoms with Gasteiger partial charge in [0.15, 0.2) is 0 Å². The molecule has 0 aromatic carbocycles. The lowest BCUT2D eigenvalue weighted by atomic mass is 10.3. The van der Waals surface area contributed by atoms with E-state index in [-0.39, 0.29) is 6.03 Å². The van der Waals surface area contributed by atoms with E-state index in [0.29, 0.717) is 18.8 Å². The van der Waals surface area contributed by atoms with Crippen molar-refractivity contribution in [1.82, 2.24) is 35.6 Å². The second kappa shape index (κ2) is 7.12. The molecule has 0 fully saturated rings. The van der Waals surface area contributed by atoms with E-state index in [4.69, 9.17) is 0 Å². The molecule has 0 saturated carbocycles. The number of hydrogen-bond acceptors (Lipinski definition) is 5. The highest BCUT2D eigenvalue weighted by molar-refractivity contribution is 5.73. The summed E-state index contributed by atoms with van der Waals surface area (Å²) in [6, 6.07) is 7.14. The largest absolute Gasteiger partial charge is 0.334 e. The van der Waals surface area contributed by atoms with Gasteiger partial charge in [0.2, 0.25) is 0 Å². The molecular formula is C15H15N7O. The van der Waals surface area contributed by atoms with Crippen molar-refractivity contribution in [3.05, 3.63) is 66.5 Å². The minimum absolute atomic E-state index is 0.273. The van der Waals surface area contributed by atoms with Crippen LogP contribution < -0.4 is 10.6 Å². The van der Waals surface area contributed by atoms with E-state index < -0.39 is 0 Å². The number of carbonyl (C=O) groups is 1. The van der Waals surface area contributed by atoms with E-state index in [0.717, 1.165) is 11.3 Å². The molecule has 0 aliphatic rings. The van der Waals surface area contributed by atoms with E-state index in [9.17, 15) is 4.79 Å². The fourth-order valence-corrected chi connectivity index (χ4v) is 1.91. The molecule has 8 heteroatoms. The van der Waals surface area contributed by atoms with Gasteiger partial charge in [-0.1, -0.05) is 11.3 Å². The summed E-state index contributed by atoms with van der Waals surface area (Å²) < 4.78 is 1.61. The Kier molecular flexibility index (Phi) is 4.53. The zero-order valence-electron chi connectivity index (χ0n) is 12.3. The van der Waals surface area contributed by atoms with Gasteiger partial charge in [0.05, 0.1) is 24.6 Å². The Bertz CT molecular complexity index is 758. The average molecular weight is 309 g/mol. The Morgan fingerprint density at radius 3 is 2.57 bits per heavy atom. The third kappa shape index (κ3) is 4.10. The Balaban J connectivity index is 1.49. The van der Waals surface area contributed by atoms with Crippen LogP contribution >= 0.6 is 0 Å². The Morgan fingerprint density at radius 1 is 1.04 bits per heavy atom. The monoisotopic (exact) mass is 309 g/mol. The Labute approximate surface area is 132 Å². The van der Waals surface area contributed by atoms with Crippen LogP contribution in [0.15, 0.2) is 55.2 Å². The van der Waals surface area contributed by atoms with E-state index in [1.807, 2.05) is 24.3 Å². The SMILES string of the molecule is O=C(NCc1cccnc1)NCc1cn(-c2cccnc2)nn1. The smallest absolute Gasteiger partial charge is 0.315 e. The lowest BCUT2D eigenvalue weighted by molar-refractivity contribution is 0.240. The van der Waals surface area contributed by atoms with Crippen molar-refractivity contribution in [3.8, 4) is 5.69 Å². The Morgan fingerprint density at radius 2 is 1.83 bits per heavy atom. The predicted octanol–water partition coefficient (Wildman–Crippen LogP) is 1.06. The van der Waals surface area contributed by atoms with E-state index in [1.54, 1.807) is 35.7 Å². The highest BCUT2D eigenvalue weighted by Crippen LogP contribution is 2.03. The number of hydrogen-bond donors (Lipinski definition) is 2. The number of nitrogens with zero attached hydrogens (tertiary/aromatic N) is 5. The maximum absolute atomic E-state index is 11.8. The molecule has 0 radical (unpaired) electrons. The van der Waals surface area contributed by atoms with Crippen LogP contribution in [0.2, 0.25) is 0 Å². The van der Waals surface area contributed by atoms with Crippen molar-refractivity contribution in [1.29, 1.82) is 0 Å². The van der Waals surface area contributed by atoms with Crippen LogP contribution in [0.5, 0.6) is 0 Å². The normalized spacial score (nSPS) is 10.3. The minimum atomic E-state index is -0.273. The van der Waals surface area contributed by atoms with E-state index in [2.05, 4.69) is 30.9 Å². The van der Waals surface area contributed by atoms with Crippen LogP contribution in [0.25, 0.3) is 5.69 Å². The fourth-order valence-electron chi connectivity index (χ4n) is 1.91. The van der Waals surface area contributed by atoms with Crippen LogP contribution in [0.1, 0.15) is 11.3 Å². The van der Waals surface area contributed by atoms with Gasteiger partial charge in [-0.25, -0.2) is 9.48 Å². The highest BCUT2D eigenvalue weighted by Gasteiger charge is 2.05. The van der Waals surface area contributed by atoms with E-state index in [1.165, 1.54) is 0 Å². The van der Waals surface area contributed by atoms with Gasteiger partial charge in [0.1, 0.15) is 5.69 Å². The van der Waals surface area contributed by atoms with Crippen molar-refractivity contribution < 1.29 is 4.79 Å². The number of aromatic nitrogens is 5. The first-order valence-electron chi connectivity index (χ1n) is 7.03. The molecule has 2 amide bonds. The van der Waals surface area contributed by atoms with Crippen LogP contribution in [0, 0.1) is 0 Å². The Hall–Kier alpha value is -3.29. The van der Waals surface area contributed by atoms with Crippen LogP contribution in [-0.4, -0.2) is 31.0 Å². The summed E-state index contributed by atoms with van der Waals surface area (Å²) in [5, 5.41) is 13.5. The molecule has 3 aromatic heterocycles. The molecule has 0 bridgehead atoms. The maximum atomic E-state index is 11.8. The molecule has 2 N–H and O–H groups in total. The number of urea groups is 1. The molecule has 0 unspecified atom stereocenters. The third-order valence-electron chi connectivity index (χ3n) is 3.06. The molecule has 0 atom stereocenters. The summed E-state index contributed by atoms with van der Waals surface area (Å²) in [7, 11) is 0. The number of amides is 2. The van der Waals surface area contributed by atoms with Gasteiger partial charge in [0.25, 0.3) is 0 Å². The summed E-state index contributed by atoms with van der Waals surface area (Å²) >= 11 is 0. The first-order chi connectivity index (χ1) is 11.3. The highest BCUT2D eigenvalue weighted by atomic mass is 16.2. The predicted molar refractivity (Wildman–Crippen MR) is 82.5 cm³/mol. The molecule has 23 heavy (non-hydrogen) atoms. The zero-order valence-corrected chi connectivity index (χ0v) is 12.3. The topological polar surface area (TPSA) is 97.6 Å². The molecule has 0 saturated heterocycles. The van der Waals surface area contributed by atoms with Gasteiger partial charge in [-0.3, -0.25) is 9.97 Å². The lowest BCUT2D eigenvalue weighted by Gasteiger charge is -2.05. The first-order valence-corrected chi connectivity index (χ1v) is 7.03. The average Bonchev–Trinajstić information content (AvgIpc) is 3.09. The number of carbonyl (C=O) groups excluding carboxylic acids is 1. The van der Waals surface area contributed by atoms with Crippen molar-refractivity contribution in [3.63, 3.8) is 0 Å². The van der Waals surface area contributed by atoms with Gasteiger partial charge < -0.3 is 10.6 Å². The fraction of sp³-hybridized carbons (Fsp3) is 0.133. The number of pyridine rings is 2. The molecule has 0 aliphatic carbocycles. The van der Waals surface area contributed by atoms with Crippen LogP contribution in [0.4, 0.5) is 4.79 Å². The van der Waals surface area contributed by atoms with Gasteiger partial charge in [-0.05, 0) is 23.8 Å². The zero-order chi connectivity index (χ0) is 15.9. The second-order valence-electron chi connectivity index (χ2n) is 4.76. The summed E-state index contributed by atoms with van der Waals surface area (Å²) in [4.78, 5) is 19.8.